The molecule has 0 spiro atoms. The number of rotatable bonds is 48. The van der Waals surface area contributed by atoms with Crippen molar-refractivity contribution in [2.75, 3.05) is 40.9 Å². The molecule has 0 rings (SSSR count). The number of phosphoric ester groups is 1. The molecule has 0 aliphatic carbocycles. The maximum Gasteiger partial charge on any atom is 0.472 e. The SMILES string of the molecule is CCCCCCCCCC/C=C\CCCCCCCCCCCCCC(=O)NC(COP(=O)(O)OCC[N+](C)(C)C)C(O)/C=C/CC/C=C/CCCCCCCCCCCCC. The van der Waals surface area contributed by atoms with E-state index in [9.17, 15) is 19.4 Å². The average Bonchev–Trinajstić information content (AvgIpc) is 3.23. The number of carbonyl (C=O) groups is 1. The molecule has 0 aromatic rings. The van der Waals surface area contributed by atoms with Gasteiger partial charge in [-0.05, 0) is 57.8 Å². The Morgan fingerprint density at radius 2 is 0.887 bits per heavy atom. The number of allylic oxidation sites excluding steroid dienone is 5. The summed E-state index contributed by atoms with van der Waals surface area (Å²) in [5.74, 6) is -0.186. The first-order chi connectivity index (χ1) is 30.0. The van der Waals surface area contributed by atoms with Crippen LogP contribution in [-0.2, 0) is 18.4 Å². The Hall–Kier alpha value is -1.28. The van der Waals surface area contributed by atoms with Gasteiger partial charge in [-0.1, -0.05) is 217 Å². The number of hydrogen-bond donors (Lipinski definition) is 3. The zero-order chi connectivity index (χ0) is 45.7. The van der Waals surface area contributed by atoms with Crippen LogP contribution in [0.5, 0.6) is 0 Å². The number of likely N-dealkylation sites (N-methyl/N-ethyl adjacent to an activating group) is 1. The number of nitrogens with one attached hydrogen (secondary N) is 1. The molecule has 3 unspecified atom stereocenters. The summed E-state index contributed by atoms with van der Waals surface area (Å²) in [5.41, 5.74) is 0. The molecule has 0 radical (unpaired) electrons. The van der Waals surface area contributed by atoms with Crippen molar-refractivity contribution in [2.24, 2.45) is 0 Å². The van der Waals surface area contributed by atoms with E-state index in [1.165, 1.54) is 186 Å². The maximum atomic E-state index is 12.9. The number of phosphoric acid groups is 1. The number of carbonyl (C=O) groups excluding carboxylic acids is 1. The molecule has 0 bridgehead atoms. The van der Waals surface area contributed by atoms with E-state index in [2.05, 4.69) is 43.5 Å². The van der Waals surface area contributed by atoms with E-state index in [1.54, 1.807) is 6.08 Å². The molecule has 8 nitrogen and oxygen atoms in total. The molecule has 0 aromatic carbocycles. The van der Waals surface area contributed by atoms with Crippen molar-refractivity contribution in [3.05, 3.63) is 36.5 Å². The van der Waals surface area contributed by atoms with Crippen LogP contribution in [0.1, 0.15) is 245 Å². The topological polar surface area (TPSA) is 105 Å². The number of aliphatic hydroxyl groups excluding tert-OH is 1. The maximum absolute atomic E-state index is 12.9. The van der Waals surface area contributed by atoms with Gasteiger partial charge in [0.1, 0.15) is 13.2 Å². The number of aliphatic hydroxyl groups is 1. The van der Waals surface area contributed by atoms with Crippen molar-refractivity contribution in [3.63, 3.8) is 0 Å². The highest BCUT2D eigenvalue weighted by molar-refractivity contribution is 7.47. The molecule has 9 heteroatoms. The summed E-state index contributed by atoms with van der Waals surface area (Å²) in [6.07, 6.45) is 56.6. The van der Waals surface area contributed by atoms with Gasteiger partial charge in [-0.15, -0.1) is 0 Å². The molecule has 3 atom stereocenters. The molecule has 0 aromatic heterocycles. The van der Waals surface area contributed by atoms with Crippen LogP contribution in [0.15, 0.2) is 36.5 Å². The molecule has 0 aliphatic heterocycles. The normalized spacial score (nSPS) is 14.4. The summed E-state index contributed by atoms with van der Waals surface area (Å²) in [5, 5.41) is 13.9. The minimum Gasteiger partial charge on any atom is -0.387 e. The summed E-state index contributed by atoms with van der Waals surface area (Å²) < 4.78 is 23.6. The molecule has 0 saturated carbocycles. The van der Waals surface area contributed by atoms with Gasteiger partial charge in [0.15, 0.2) is 0 Å². The zero-order valence-electron chi connectivity index (χ0n) is 41.6. The van der Waals surface area contributed by atoms with Crippen molar-refractivity contribution in [3.8, 4) is 0 Å². The Bertz CT molecular complexity index is 1110. The predicted octanol–water partition coefficient (Wildman–Crippen LogP) is 15.4. The lowest BCUT2D eigenvalue weighted by atomic mass is 10.0. The quantitative estimate of drug-likeness (QED) is 0.0243. The van der Waals surface area contributed by atoms with E-state index in [0.717, 1.165) is 38.5 Å². The van der Waals surface area contributed by atoms with Gasteiger partial charge in [0.25, 0.3) is 0 Å². The number of unbranched alkanes of at least 4 members (excludes halogenated alkanes) is 31. The van der Waals surface area contributed by atoms with Crippen LogP contribution in [0.4, 0.5) is 0 Å². The highest BCUT2D eigenvalue weighted by Gasteiger charge is 2.27. The predicted molar refractivity (Wildman–Crippen MR) is 268 cm³/mol. The van der Waals surface area contributed by atoms with Gasteiger partial charge in [0.05, 0.1) is 39.9 Å². The molecular weight excluding hydrogens is 792 g/mol. The number of amides is 1. The first-order valence-electron chi connectivity index (χ1n) is 26.4. The van der Waals surface area contributed by atoms with Crippen molar-refractivity contribution in [1.29, 1.82) is 0 Å². The van der Waals surface area contributed by atoms with Gasteiger partial charge in [-0.2, -0.15) is 0 Å². The van der Waals surface area contributed by atoms with Crippen molar-refractivity contribution in [1.82, 2.24) is 5.32 Å². The van der Waals surface area contributed by atoms with Gasteiger partial charge >= 0.3 is 7.82 Å². The summed E-state index contributed by atoms with van der Waals surface area (Å²) >= 11 is 0. The molecule has 0 heterocycles. The molecular formula is C53H104N2O6P+. The van der Waals surface area contributed by atoms with Crippen LogP contribution in [0.2, 0.25) is 0 Å². The van der Waals surface area contributed by atoms with Gasteiger partial charge in [-0.25, -0.2) is 4.57 Å². The third-order valence-electron chi connectivity index (χ3n) is 11.8. The average molecular weight is 896 g/mol. The molecule has 0 saturated heterocycles. The van der Waals surface area contributed by atoms with E-state index in [-0.39, 0.29) is 19.1 Å². The second kappa shape index (κ2) is 44.9. The van der Waals surface area contributed by atoms with E-state index in [0.29, 0.717) is 17.4 Å². The standard InChI is InChI=1S/C53H103N2O6P/c1-6-8-10-12-14-16-18-20-22-24-25-26-27-28-29-31-33-35-37-39-41-43-45-47-53(57)54-51(50-61-62(58,59)60-49-48-55(3,4)5)52(56)46-44-42-40-38-36-34-32-30-23-21-19-17-15-13-11-9-7-2/h24-25,36,38,44,46,51-52,56H,6-23,26-35,37,39-43,45,47-50H2,1-5H3,(H-,54,57,58,59)/p+1/b25-24-,38-36+,46-44+. The largest absolute Gasteiger partial charge is 0.472 e. The Morgan fingerprint density at radius 3 is 1.29 bits per heavy atom. The van der Waals surface area contributed by atoms with Gasteiger partial charge in [-0.3, -0.25) is 13.8 Å². The minimum absolute atomic E-state index is 0.0566. The van der Waals surface area contributed by atoms with E-state index >= 15 is 0 Å². The molecule has 3 N–H and O–H groups in total. The highest BCUT2D eigenvalue weighted by Crippen LogP contribution is 2.43. The minimum atomic E-state index is -4.35. The summed E-state index contributed by atoms with van der Waals surface area (Å²) in [4.78, 5) is 23.2. The lowest BCUT2D eigenvalue weighted by Gasteiger charge is -2.25. The van der Waals surface area contributed by atoms with E-state index in [4.69, 9.17) is 9.05 Å². The molecule has 0 aliphatic rings. The molecule has 62 heavy (non-hydrogen) atoms. The fourth-order valence-electron chi connectivity index (χ4n) is 7.64. The first kappa shape index (κ1) is 60.7. The number of hydrogen-bond acceptors (Lipinski definition) is 5. The second-order valence-corrected chi connectivity index (χ2v) is 20.7. The Labute approximate surface area is 385 Å². The Kier molecular flexibility index (Phi) is 44.0. The van der Waals surface area contributed by atoms with E-state index < -0.39 is 20.0 Å². The Balaban J connectivity index is 4.29. The Morgan fingerprint density at radius 1 is 0.532 bits per heavy atom. The van der Waals surface area contributed by atoms with E-state index in [1.807, 2.05) is 27.2 Å². The summed E-state index contributed by atoms with van der Waals surface area (Å²) in [7, 11) is 1.56. The number of nitrogens with zero attached hydrogens (tertiary/aromatic N) is 1. The van der Waals surface area contributed by atoms with Gasteiger partial charge in [0, 0.05) is 6.42 Å². The van der Waals surface area contributed by atoms with Crippen molar-refractivity contribution < 1.29 is 32.9 Å². The van der Waals surface area contributed by atoms with Crippen LogP contribution in [0, 0.1) is 0 Å². The van der Waals surface area contributed by atoms with Crippen LogP contribution in [-0.4, -0.2) is 73.4 Å². The molecule has 366 valence electrons. The van der Waals surface area contributed by atoms with Crippen molar-refractivity contribution >= 4 is 13.7 Å². The second-order valence-electron chi connectivity index (χ2n) is 19.2. The van der Waals surface area contributed by atoms with Crippen LogP contribution >= 0.6 is 7.82 Å². The molecule has 0 fully saturated rings. The van der Waals surface area contributed by atoms with Gasteiger partial charge in [0.2, 0.25) is 5.91 Å². The lowest BCUT2D eigenvalue weighted by molar-refractivity contribution is -0.870. The smallest absolute Gasteiger partial charge is 0.387 e. The lowest BCUT2D eigenvalue weighted by Crippen LogP contribution is -2.45. The fourth-order valence-corrected chi connectivity index (χ4v) is 8.38. The summed E-state index contributed by atoms with van der Waals surface area (Å²) in [6.45, 7) is 4.81. The molecule has 1 amide bonds. The van der Waals surface area contributed by atoms with Crippen molar-refractivity contribution in [2.45, 2.75) is 257 Å². The third kappa shape index (κ3) is 46.7. The number of quaternary nitrogens is 1. The van der Waals surface area contributed by atoms with Crippen LogP contribution < -0.4 is 5.32 Å². The fraction of sp³-hybridized carbons (Fsp3) is 0.868. The monoisotopic (exact) mass is 896 g/mol. The third-order valence-corrected chi connectivity index (χ3v) is 12.8. The van der Waals surface area contributed by atoms with Crippen LogP contribution in [0.25, 0.3) is 0 Å². The summed E-state index contributed by atoms with van der Waals surface area (Å²) in [6, 6.07) is -0.862. The van der Waals surface area contributed by atoms with Gasteiger partial charge < -0.3 is 19.8 Å². The highest BCUT2D eigenvalue weighted by atomic mass is 31.2. The zero-order valence-corrected chi connectivity index (χ0v) is 42.5. The van der Waals surface area contributed by atoms with Crippen LogP contribution in [0.3, 0.4) is 0 Å². The first-order valence-corrected chi connectivity index (χ1v) is 27.9.